The first kappa shape index (κ1) is 25.7. The van der Waals surface area contributed by atoms with Crippen molar-refractivity contribution in [2.24, 2.45) is 0 Å². The number of hydrogen-bond donors (Lipinski definition) is 0. The molecular weight excluding hydrogens is 504 g/mol. The summed E-state index contributed by atoms with van der Waals surface area (Å²) >= 11 is 0. The highest BCUT2D eigenvalue weighted by atomic mass is 16.7. The zero-order valence-corrected chi connectivity index (χ0v) is 17.9. The van der Waals surface area contributed by atoms with Crippen molar-refractivity contribution < 1.29 is 29.5 Å². The van der Waals surface area contributed by atoms with E-state index in [1.54, 1.807) is 0 Å². The van der Waals surface area contributed by atoms with Crippen LogP contribution in [0.1, 0.15) is 22.6 Å². The molecule has 0 amide bonds. The van der Waals surface area contributed by atoms with Crippen LogP contribution in [0.3, 0.4) is 0 Å². The highest BCUT2D eigenvalue weighted by Gasteiger charge is 2.43. The number of nitro benzene ring substituents is 6. The largest absolute Gasteiger partial charge is 0.350 e. The van der Waals surface area contributed by atoms with Crippen LogP contribution >= 0.6 is 0 Å². The summed E-state index contributed by atoms with van der Waals surface area (Å²) in [4.78, 5) is 63.3. The van der Waals surface area contributed by atoms with Crippen LogP contribution < -0.4 is 0 Å². The topological polar surface area (TPSA) is 259 Å². The second-order valence-electron chi connectivity index (χ2n) is 7.12. The first-order valence-electron chi connectivity index (χ1n) is 9.63. The summed E-state index contributed by atoms with van der Waals surface area (Å²) in [5.74, 6) is -2.03. The van der Waals surface area contributed by atoms with Gasteiger partial charge in [-0.2, -0.15) is 0 Å². The molecule has 18 nitrogen and oxygen atoms in total. The van der Waals surface area contributed by atoms with Crippen molar-refractivity contribution in [2.45, 2.75) is 5.92 Å². The van der Waals surface area contributed by atoms with E-state index in [9.17, 15) is 60.7 Å². The van der Waals surface area contributed by atoms with Crippen LogP contribution in [0, 0.1) is 60.7 Å². The first-order chi connectivity index (χ1) is 17.4. The Labute approximate surface area is 202 Å². The van der Waals surface area contributed by atoms with Crippen molar-refractivity contribution in [1.82, 2.24) is 0 Å². The average Bonchev–Trinajstić information content (AvgIpc) is 2.83. The van der Waals surface area contributed by atoms with Crippen LogP contribution in [-0.4, -0.2) is 29.5 Å². The van der Waals surface area contributed by atoms with Crippen molar-refractivity contribution in [3.05, 3.63) is 132 Å². The van der Waals surface area contributed by atoms with E-state index >= 15 is 0 Å². The van der Waals surface area contributed by atoms with Crippen molar-refractivity contribution in [3.63, 3.8) is 0 Å². The molecule has 0 N–H and O–H groups in total. The van der Waals surface area contributed by atoms with Gasteiger partial charge < -0.3 is 0 Å². The molecule has 0 atom stereocenters. The predicted octanol–water partition coefficient (Wildman–Crippen LogP) is 4.32. The molecule has 0 aliphatic rings. The van der Waals surface area contributed by atoms with Gasteiger partial charge in [0, 0.05) is 34.9 Å². The smallest absolute Gasteiger partial charge is 0.258 e. The fraction of sp³-hybridized carbons (Fsp3) is 0.0526. The molecule has 0 aliphatic heterocycles. The monoisotopic (exact) mass is 514 g/mol. The second-order valence-corrected chi connectivity index (χ2v) is 7.12. The maximum absolute atomic E-state index is 11.9. The van der Waals surface area contributed by atoms with Crippen LogP contribution in [0.15, 0.2) is 54.6 Å². The molecular formula is C19H10N6O12. The molecule has 0 radical (unpaired) electrons. The summed E-state index contributed by atoms with van der Waals surface area (Å²) < 4.78 is 0. The number of rotatable bonds is 9. The lowest BCUT2D eigenvalue weighted by Gasteiger charge is -2.18. The van der Waals surface area contributed by atoms with E-state index in [-0.39, 0.29) is 0 Å². The molecule has 0 bridgehead atoms. The highest BCUT2D eigenvalue weighted by Crippen LogP contribution is 2.49. The Morgan fingerprint density at radius 2 is 0.649 bits per heavy atom. The Bertz CT molecular complexity index is 1340. The van der Waals surface area contributed by atoms with Gasteiger partial charge in [0.1, 0.15) is 0 Å². The number of nitro groups is 6. The molecule has 0 aliphatic carbocycles. The maximum Gasteiger partial charge on any atom is 0.350 e. The molecule has 0 heterocycles. The third-order valence-corrected chi connectivity index (χ3v) is 5.21. The molecule has 0 saturated heterocycles. The van der Waals surface area contributed by atoms with Crippen LogP contribution in [0.4, 0.5) is 34.1 Å². The van der Waals surface area contributed by atoms with Gasteiger partial charge in [0.2, 0.25) is 0 Å². The summed E-state index contributed by atoms with van der Waals surface area (Å²) in [6.07, 6.45) is 0. The van der Waals surface area contributed by atoms with Crippen molar-refractivity contribution in [1.29, 1.82) is 0 Å². The normalized spacial score (nSPS) is 10.6. The van der Waals surface area contributed by atoms with Gasteiger partial charge in [0.15, 0.2) is 0 Å². The minimum Gasteiger partial charge on any atom is -0.258 e. The van der Waals surface area contributed by atoms with Gasteiger partial charge in [0.05, 0.1) is 35.5 Å². The second kappa shape index (κ2) is 9.74. The zero-order chi connectivity index (χ0) is 27.6. The summed E-state index contributed by atoms with van der Waals surface area (Å²) in [5.41, 5.74) is -9.04. The Morgan fingerprint density at radius 1 is 0.405 bits per heavy atom. The lowest BCUT2D eigenvalue weighted by molar-refractivity contribution is -0.424. The van der Waals surface area contributed by atoms with Gasteiger partial charge in [0.25, 0.3) is 0 Å². The number of hydrogen-bond acceptors (Lipinski definition) is 12. The highest BCUT2D eigenvalue weighted by molar-refractivity contribution is 5.71. The summed E-state index contributed by atoms with van der Waals surface area (Å²) in [7, 11) is 0. The Balaban J connectivity index is 2.64. The minimum atomic E-state index is -2.03. The van der Waals surface area contributed by atoms with E-state index < -0.39 is 86.3 Å². The van der Waals surface area contributed by atoms with E-state index in [0.717, 1.165) is 54.6 Å². The molecule has 0 saturated carbocycles. The van der Waals surface area contributed by atoms with Gasteiger partial charge in [-0.15, -0.1) is 0 Å². The van der Waals surface area contributed by atoms with Crippen molar-refractivity contribution in [3.8, 4) is 0 Å². The molecule has 0 aromatic heterocycles. The van der Waals surface area contributed by atoms with Crippen LogP contribution in [-0.2, 0) is 0 Å². The number of nitrogens with zero attached hydrogens (tertiary/aromatic N) is 6. The van der Waals surface area contributed by atoms with Crippen molar-refractivity contribution >= 4 is 34.1 Å². The van der Waals surface area contributed by atoms with E-state index in [2.05, 4.69) is 0 Å². The van der Waals surface area contributed by atoms with E-state index in [1.165, 1.54) is 0 Å². The lowest BCUT2D eigenvalue weighted by atomic mass is 9.81. The van der Waals surface area contributed by atoms with Gasteiger partial charge in [-0.3, -0.25) is 60.7 Å². The fourth-order valence-electron chi connectivity index (χ4n) is 3.89. The van der Waals surface area contributed by atoms with Gasteiger partial charge >= 0.3 is 34.1 Å². The minimum absolute atomic E-state index is 0.702. The molecule has 0 unspecified atom stereocenters. The Hall–Kier alpha value is -5.94. The summed E-state index contributed by atoms with van der Waals surface area (Å²) in [6.45, 7) is 0. The first-order valence-corrected chi connectivity index (χ1v) is 9.63. The number of benzene rings is 3. The molecule has 3 aromatic rings. The predicted molar refractivity (Wildman–Crippen MR) is 120 cm³/mol. The molecule has 0 fully saturated rings. The fourth-order valence-corrected chi connectivity index (χ4v) is 3.89. The molecule has 18 heteroatoms. The standard InChI is InChI=1S/C19H10N6O12/c26-20(27)13-7-1-4-10(17(13)23(32)33)16(11-5-2-8-14(21(28)29)18(11)24(34)35)12-6-3-9-15(22(30)31)19(12)25(36)37/h1-9,16H. The van der Waals surface area contributed by atoms with E-state index in [0.29, 0.717) is 0 Å². The van der Waals surface area contributed by atoms with E-state index in [4.69, 9.17) is 0 Å². The quantitative estimate of drug-likeness (QED) is 0.219. The molecule has 0 spiro atoms. The zero-order valence-electron chi connectivity index (χ0n) is 17.9. The van der Waals surface area contributed by atoms with Gasteiger partial charge in [-0.05, 0) is 0 Å². The van der Waals surface area contributed by atoms with Crippen molar-refractivity contribution in [2.75, 3.05) is 0 Å². The SMILES string of the molecule is O=[N+]([O-])c1cccc(C(c2cccc([N+](=O)[O-])c2[N+](=O)[O-])c2cccc([N+](=O)[O-])c2[N+](=O)[O-])c1[N+](=O)[O-]. The van der Waals surface area contributed by atoms with E-state index in [1.807, 2.05) is 0 Å². The molecule has 37 heavy (non-hydrogen) atoms. The summed E-state index contributed by atoms with van der Waals surface area (Å²) in [5, 5.41) is 70.3. The summed E-state index contributed by atoms with van der Waals surface area (Å²) in [6, 6.07) is 7.80. The Kier molecular flexibility index (Phi) is 6.76. The third-order valence-electron chi connectivity index (χ3n) is 5.21. The molecule has 188 valence electrons. The lowest BCUT2D eigenvalue weighted by Crippen LogP contribution is -2.13. The van der Waals surface area contributed by atoms with Crippen LogP contribution in [0.25, 0.3) is 0 Å². The Morgan fingerprint density at radius 3 is 0.838 bits per heavy atom. The number of para-hydroxylation sites is 3. The molecule has 3 aromatic carbocycles. The average molecular weight is 514 g/mol. The molecule has 3 rings (SSSR count). The van der Waals surface area contributed by atoms with Crippen LogP contribution in [0.5, 0.6) is 0 Å². The van der Waals surface area contributed by atoms with Gasteiger partial charge in [-0.25, -0.2) is 0 Å². The maximum atomic E-state index is 11.9. The van der Waals surface area contributed by atoms with Gasteiger partial charge in [-0.1, -0.05) is 36.4 Å². The van der Waals surface area contributed by atoms with Crippen LogP contribution in [0.2, 0.25) is 0 Å². The third kappa shape index (κ3) is 4.56.